The van der Waals surface area contributed by atoms with E-state index in [1.54, 1.807) is 4.68 Å². The number of amides is 2. The van der Waals surface area contributed by atoms with Gasteiger partial charge in [0.2, 0.25) is 0 Å². The molecular weight excluding hydrogens is 402 g/mol. The molecule has 2 amide bonds. The maximum atomic E-state index is 12.7. The van der Waals surface area contributed by atoms with E-state index in [0.717, 1.165) is 60.3 Å². The number of nitrogens with one attached hydrogen (secondary N) is 1. The summed E-state index contributed by atoms with van der Waals surface area (Å²) in [5.74, 6) is 0. The number of carbonyl (C=O) groups excluding carboxylic acids is 1. The monoisotopic (exact) mass is 430 g/mol. The van der Waals surface area contributed by atoms with E-state index < -0.39 is 16.6 Å². The van der Waals surface area contributed by atoms with Crippen molar-refractivity contribution in [3.05, 3.63) is 34.3 Å². The zero-order chi connectivity index (χ0) is 21.6. The van der Waals surface area contributed by atoms with Crippen molar-refractivity contribution < 1.29 is 14.1 Å². The first-order valence-corrected chi connectivity index (χ1v) is 11.5. The molecule has 0 aliphatic heterocycles. The summed E-state index contributed by atoms with van der Waals surface area (Å²) >= 11 is 0. The second-order valence-corrected chi connectivity index (χ2v) is 10.0. The molecule has 2 aliphatic carbocycles. The number of fused-ring (bicyclic) bond motifs is 2. The first-order valence-electron chi connectivity index (χ1n) is 10.4. The molecular formula is C21H28N5O3S-. The lowest BCUT2D eigenvalue weighted by Gasteiger charge is -2.20. The molecule has 0 unspecified atom stereocenters. The van der Waals surface area contributed by atoms with Gasteiger partial charge < -0.3 is 19.0 Å². The number of nitrogens with zero attached hydrogens (tertiary/aromatic N) is 4. The largest absolute Gasteiger partial charge is 0.438 e. The molecule has 30 heavy (non-hydrogen) atoms. The number of anilines is 1. The predicted molar refractivity (Wildman–Crippen MR) is 114 cm³/mol. The summed E-state index contributed by atoms with van der Waals surface area (Å²) in [4.78, 5) is 17.6. The fourth-order valence-electron chi connectivity index (χ4n) is 4.44. The van der Waals surface area contributed by atoms with E-state index in [4.69, 9.17) is 4.98 Å². The molecule has 0 saturated carbocycles. The Hall–Kier alpha value is -2.26. The lowest BCUT2D eigenvalue weighted by atomic mass is 9.90. The molecule has 2 aromatic rings. The van der Waals surface area contributed by atoms with Crippen LogP contribution in [0.25, 0.3) is 0 Å². The second-order valence-electron chi connectivity index (χ2n) is 8.92. The van der Waals surface area contributed by atoms with Gasteiger partial charge in [-0.1, -0.05) is 13.8 Å². The molecule has 4 rings (SSSR count). The molecule has 0 saturated heterocycles. The number of aromatic nitrogens is 3. The lowest BCUT2D eigenvalue weighted by Crippen LogP contribution is -2.17. The average Bonchev–Trinajstić information content (AvgIpc) is 3.39. The van der Waals surface area contributed by atoms with Crippen molar-refractivity contribution in [2.24, 2.45) is 4.36 Å². The summed E-state index contributed by atoms with van der Waals surface area (Å²) in [7, 11) is -1.95. The predicted octanol–water partition coefficient (Wildman–Crippen LogP) is 3.80. The van der Waals surface area contributed by atoms with E-state index in [2.05, 4.69) is 28.6 Å². The summed E-state index contributed by atoms with van der Waals surface area (Å²) in [6, 6.07) is 0.874. The van der Waals surface area contributed by atoms with Crippen LogP contribution in [0.2, 0.25) is 0 Å². The Balaban J connectivity index is 1.65. The number of rotatable bonds is 4. The van der Waals surface area contributed by atoms with Crippen molar-refractivity contribution in [3.8, 4) is 0 Å². The highest BCUT2D eigenvalue weighted by molar-refractivity contribution is 7.75. The van der Waals surface area contributed by atoms with Crippen molar-refractivity contribution in [2.45, 2.75) is 82.9 Å². The van der Waals surface area contributed by atoms with Crippen molar-refractivity contribution in [2.75, 3.05) is 5.32 Å². The molecule has 2 heterocycles. The van der Waals surface area contributed by atoms with Gasteiger partial charge in [-0.2, -0.15) is 5.10 Å². The number of aliphatic hydroxyl groups excluding tert-OH is 1. The Morgan fingerprint density at radius 3 is 2.77 bits per heavy atom. The van der Waals surface area contributed by atoms with E-state index in [1.165, 1.54) is 6.07 Å². The van der Waals surface area contributed by atoms with E-state index in [0.29, 0.717) is 5.69 Å². The topological polar surface area (TPSA) is 109 Å². The fourth-order valence-corrected chi connectivity index (χ4v) is 5.13. The average molecular weight is 431 g/mol. The molecule has 2 N–H and O–H groups in total. The van der Waals surface area contributed by atoms with Gasteiger partial charge in [0.05, 0.1) is 23.7 Å². The van der Waals surface area contributed by atoms with Crippen LogP contribution in [0.15, 0.2) is 15.5 Å². The number of pyridine rings is 1. The third kappa shape index (κ3) is 3.65. The molecule has 162 valence electrons. The van der Waals surface area contributed by atoms with Crippen molar-refractivity contribution >= 4 is 22.3 Å². The number of aryl methyl sites for hydroxylation is 1. The molecule has 2 aromatic heterocycles. The van der Waals surface area contributed by atoms with Gasteiger partial charge in [-0.05, 0) is 63.1 Å². The van der Waals surface area contributed by atoms with E-state index in [9.17, 15) is 14.1 Å². The second kappa shape index (κ2) is 7.77. The van der Waals surface area contributed by atoms with Gasteiger partial charge in [0.15, 0.2) is 0 Å². The molecule has 0 spiro atoms. The van der Waals surface area contributed by atoms with Crippen molar-refractivity contribution in [3.63, 3.8) is 0 Å². The van der Waals surface area contributed by atoms with Gasteiger partial charge in [-0.25, -0.2) is 4.79 Å². The normalized spacial score (nSPS) is 17.9. The molecule has 0 aromatic carbocycles. The number of hydrogen-bond donors (Lipinski definition) is 2. The summed E-state index contributed by atoms with van der Waals surface area (Å²) in [5, 5.41) is 16.8. The Bertz CT molecular complexity index is 1100. The van der Waals surface area contributed by atoms with Crippen LogP contribution in [0, 0.1) is 0 Å². The quantitative estimate of drug-likeness (QED) is 0.717. The summed E-state index contributed by atoms with van der Waals surface area (Å²) in [6.45, 7) is 7.97. The Morgan fingerprint density at radius 1 is 1.33 bits per heavy atom. The maximum Gasteiger partial charge on any atom is 0.322 e. The Labute approximate surface area is 178 Å². The molecule has 2 aliphatic rings. The van der Waals surface area contributed by atoms with E-state index >= 15 is 0 Å². The minimum atomic E-state index is -1.95. The highest BCUT2D eigenvalue weighted by atomic mass is 32.2. The lowest BCUT2D eigenvalue weighted by molar-refractivity contribution is 0.260. The van der Waals surface area contributed by atoms with Crippen molar-refractivity contribution in [1.82, 2.24) is 14.8 Å². The van der Waals surface area contributed by atoms with Crippen LogP contribution < -0.4 is 5.32 Å². The molecule has 0 fully saturated rings. The maximum absolute atomic E-state index is 12.7. The molecule has 0 bridgehead atoms. The molecule has 0 radical (unpaired) electrons. The van der Waals surface area contributed by atoms with Gasteiger partial charge in [0, 0.05) is 22.2 Å². The highest BCUT2D eigenvalue weighted by Crippen LogP contribution is 2.44. The van der Waals surface area contributed by atoms with Crippen LogP contribution in [0.5, 0.6) is 0 Å². The van der Waals surface area contributed by atoms with Gasteiger partial charge >= 0.3 is 6.03 Å². The standard InChI is InChI=1S/C21H28N5O3S/c1-12(2)26-13(11-27)10-17(24-26)30(29)25-20(28)23-18-14-6-5-7-16(14)22-19-15(18)8-9-21(19,3)4/h10,12,27H,5-9,11H2,1-4H3,(H,22,23,28)/q-1. The van der Waals surface area contributed by atoms with Gasteiger partial charge in [-0.3, -0.25) is 9.67 Å². The van der Waals surface area contributed by atoms with Gasteiger partial charge in [0.1, 0.15) is 0 Å². The van der Waals surface area contributed by atoms with Gasteiger partial charge in [0.25, 0.3) is 0 Å². The minimum absolute atomic E-state index is 0.00271. The number of aliphatic hydroxyl groups is 1. The summed E-state index contributed by atoms with van der Waals surface area (Å²) in [5.41, 5.74) is 5.63. The smallest absolute Gasteiger partial charge is 0.322 e. The first-order chi connectivity index (χ1) is 14.2. The third-order valence-corrected chi connectivity index (χ3v) is 6.87. The van der Waals surface area contributed by atoms with Crippen LogP contribution in [0.3, 0.4) is 0 Å². The number of urea groups is 1. The summed E-state index contributed by atoms with van der Waals surface area (Å²) < 4.78 is 18.0. The van der Waals surface area contributed by atoms with Gasteiger partial charge in [-0.15, -0.1) is 10.6 Å². The zero-order valence-electron chi connectivity index (χ0n) is 17.9. The molecule has 8 nitrogen and oxygen atoms in total. The van der Waals surface area contributed by atoms with Crippen LogP contribution in [0.4, 0.5) is 10.5 Å². The molecule has 9 heteroatoms. The summed E-state index contributed by atoms with van der Waals surface area (Å²) in [6.07, 6.45) is 4.67. The first kappa shape index (κ1) is 21.0. The number of carbonyl (C=O) groups is 1. The SMILES string of the molecule is CC(C)n1nc(/[S-](=O)=N/C(=O)Nc2c3c(nc4c2CCC4(C)C)CCC3)cc1CO. The Morgan fingerprint density at radius 2 is 2.10 bits per heavy atom. The van der Waals surface area contributed by atoms with Crippen LogP contribution >= 0.6 is 0 Å². The van der Waals surface area contributed by atoms with E-state index in [-0.39, 0.29) is 23.1 Å². The third-order valence-electron chi connectivity index (χ3n) is 5.98. The number of hydrogen-bond acceptors (Lipinski definition) is 6. The van der Waals surface area contributed by atoms with Crippen LogP contribution in [-0.2, 0) is 46.1 Å². The molecule has 0 atom stereocenters. The van der Waals surface area contributed by atoms with Crippen LogP contribution in [0.1, 0.15) is 74.8 Å². The highest BCUT2D eigenvalue weighted by Gasteiger charge is 2.36. The van der Waals surface area contributed by atoms with E-state index in [1.807, 2.05) is 13.8 Å². The minimum Gasteiger partial charge on any atom is -0.438 e. The fraction of sp³-hybridized carbons (Fsp3) is 0.571. The van der Waals surface area contributed by atoms with Crippen molar-refractivity contribution in [1.29, 1.82) is 0 Å². The zero-order valence-corrected chi connectivity index (χ0v) is 18.7. The van der Waals surface area contributed by atoms with Crippen LogP contribution in [-0.4, -0.2) is 25.9 Å². The Kier molecular flexibility index (Phi) is 5.44.